The lowest BCUT2D eigenvalue weighted by atomic mass is 10.0. The molecule has 0 bridgehead atoms. The van der Waals surface area contributed by atoms with Crippen LogP contribution in [0.2, 0.25) is 0 Å². The largest absolute Gasteiger partial charge is 0.462 e. The third-order valence-electron chi connectivity index (χ3n) is 9.39. The average molecular weight is 696 g/mol. The highest BCUT2D eigenvalue weighted by Crippen LogP contribution is 2.25. The van der Waals surface area contributed by atoms with E-state index in [1.165, 1.54) is 95.5 Å². The van der Waals surface area contributed by atoms with Crippen molar-refractivity contribution < 1.29 is 27.4 Å². The van der Waals surface area contributed by atoms with Gasteiger partial charge in [0.2, 0.25) is 0 Å². The van der Waals surface area contributed by atoms with Gasteiger partial charge in [0.1, 0.15) is 0 Å². The summed E-state index contributed by atoms with van der Waals surface area (Å²) >= 11 is 0. The van der Waals surface area contributed by atoms with Crippen LogP contribution in [-0.2, 0) is 15.9 Å². The smallest absolute Gasteiger partial charge is 0.414 e. The molecule has 1 aromatic heterocycles. The van der Waals surface area contributed by atoms with Gasteiger partial charge < -0.3 is 9.47 Å². The molecule has 1 atom stereocenters. The van der Waals surface area contributed by atoms with E-state index in [9.17, 15) is 18.0 Å². The molecule has 0 aliphatic rings. The summed E-state index contributed by atoms with van der Waals surface area (Å²) in [6.45, 7) is 3.63. The van der Waals surface area contributed by atoms with Gasteiger partial charge in [0, 0.05) is 23.9 Å². The summed E-state index contributed by atoms with van der Waals surface area (Å²) in [6.07, 6.45) is 18.9. The zero-order valence-electron chi connectivity index (χ0n) is 30.6. The number of pyridine rings is 1. The van der Waals surface area contributed by atoms with Crippen LogP contribution >= 0.6 is 0 Å². The van der Waals surface area contributed by atoms with Crippen LogP contribution in [0.15, 0.2) is 66.9 Å². The van der Waals surface area contributed by atoms with E-state index in [-0.39, 0.29) is 13.2 Å². The van der Waals surface area contributed by atoms with Gasteiger partial charge in [0.25, 0.3) is 0 Å². The summed E-state index contributed by atoms with van der Waals surface area (Å²) in [7, 11) is 0. The Labute approximate surface area is 299 Å². The molecule has 50 heavy (non-hydrogen) atoms. The first kappa shape index (κ1) is 41.2. The maximum atomic E-state index is 12.5. The Morgan fingerprint density at radius 2 is 1.12 bits per heavy atom. The Bertz CT molecular complexity index is 1310. The molecule has 0 radical (unpaired) electrons. The molecule has 0 saturated carbocycles. The number of carbonyl (C=O) groups excluding carboxylic acids is 1. The number of aromatic nitrogens is 1. The number of ether oxygens (including phenoxy) is 2. The SMILES string of the molecule is CCCCCCCCCCCCCCCCc1ccc(-c2ccc(-c3ccc(C(=O)OCCCCCCOC(C)C(F)(F)F)cc3)nc2)cc1. The van der Waals surface area contributed by atoms with Crippen molar-refractivity contribution >= 4 is 5.97 Å². The Hall–Kier alpha value is -3.19. The topological polar surface area (TPSA) is 48.4 Å². The van der Waals surface area contributed by atoms with Crippen LogP contribution in [0.4, 0.5) is 13.2 Å². The van der Waals surface area contributed by atoms with Gasteiger partial charge in [0.05, 0.1) is 17.9 Å². The lowest BCUT2D eigenvalue weighted by Gasteiger charge is -2.16. The molecule has 4 nitrogen and oxygen atoms in total. The van der Waals surface area contributed by atoms with E-state index in [0.29, 0.717) is 24.8 Å². The highest BCUT2D eigenvalue weighted by Gasteiger charge is 2.36. The molecule has 276 valence electrons. The number of hydrogen-bond donors (Lipinski definition) is 0. The molecular formula is C43H60F3NO3. The summed E-state index contributed by atoms with van der Waals surface area (Å²) in [5, 5.41) is 0. The van der Waals surface area contributed by atoms with Crippen molar-refractivity contribution in [1.82, 2.24) is 4.98 Å². The van der Waals surface area contributed by atoms with Crippen LogP contribution in [0.25, 0.3) is 22.4 Å². The molecule has 0 N–H and O–H groups in total. The average Bonchev–Trinajstić information content (AvgIpc) is 3.12. The van der Waals surface area contributed by atoms with Crippen LogP contribution in [0.5, 0.6) is 0 Å². The summed E-state index contributed by atoms with van der Waals surface area (Å²) in [4.78, 5) is 17.1. The van der Waals surface area contributed by atoms with E-state index in [1.54, 1.807) is 12.1 Å². The number of esters is 1. The quantitative estimate of drug-likeness (QED) is 0.0619. The highest BCUT2D eigenvalue weighted by molar-refractivity contribution is 5.90. The zero-order chi connectivity index (χ0) is 35.9. The van der Waals surface area contributed by atoms with E-state index in [0.717, 1.165) is 42.1 Å². The summed E-state index contributed by atoms with van der Waals surface area (Å²) in [6, 6.07) is 20.1. The molecule has 2 aromatic carbocycles. The van der Waals surface area contributed by atoms with Gasteiger partial charge in [-0.05, 0) is 68.4 Å². The normalized spacial score (nSPS) is 12.3. The molecule has 0 aliphatic carbocycles. The van der Waals surface area contributed by atoms with Gasteiger partial charge in [-0.2, -0.15) is 13.2 Å². The molecule has 0 spiro atoms. The molecule has 0 amide bonds. The van der Waals surface area contributed by atoms with E-state index >= 15 is 0 Å². The zero-order valence-corrected chi connectivity index (χ0v) is 30.6. The van der Waals surface area contributed by atoms with E-state index in [2.05, 4.69) is 42.2 Å². The predicted molar refractivity (Wildman–Crippen MR) is 199 cm³/mol. The predicted octanol–water partition coefficient (Wildman–Crippen LogP) is 13.1. The summed E-state index contributed by atoms with van der Waals surface area (Å²) < 4.78 is 47.5. The van der Waals surface area contributed by atoms with Crippen LogP contribution in [-0.4, -0.2) is 36.4 Å². The van der Waals surface area contributed by atoms with Crippen molar-refractivity contribution in [3.05, 3.63) is 78.0 Å². The van der Waals surface area contributed by atoms with E-state index in [1.807, 2.05) is 24.4 Å². The van der Waals surface area contributed by atoms with Crippen LogP contribution in [0.1, 0.15) is 145 Å². The minimum atomic E-state index is -4.33. The number of carbonyl (C=O) groups is 1. The van der Waals surface area contributed by atoms with E-state index < -0.39 is 18.2 Å². The minimum absolute atomic E-state index is 0.0666. The van der Waals surface area contributed by atoms with Gasteiger partial charge in [0.15, 0.2) is 6.10 Å². The Morgan fingerprint density at radius 1 is 0.620 bits per heavy atom. The second-order valence-corrected chi connectivity index (χ2v) is 13.7. The number of unbranched alkanes of at least 4 members (excludes halogenated alkanes) is 16. The lowest BCUT2D eigenvalue weighted by molar-refractivity contribution is -0.214. The fraction of sp³-hybridized carbons (Fsp3) is 0.581. The van der Waals surface area contributed by atoms with Crippen molar-refractivity contribution in [3.63, 3.8) is 0 Å². The molecule has 1 heterocycles. The van der Waals surface area contributed by atoms with E-state index in [4.69, 9.17) is 9.47 Å². The molecule has 1 unspecified atom stereocenters. The number of rotatable bonds is 26. The first-order valence-electron chi connectivity index (χ1n) is 19.3. The fourth-order valence-electron chi connectivity index (χ4n) is 6.06. The van der Waals surface area contributed by atoms with Gasteiger partial charge >= 0.3 is 12.1 Å². The molecule has 7 heteroatoms. The molecular weight excluding hydrogens is 635 g/mol. The highest BCUT2D eigenvalue weighted by atomic mass is 19.4. The van der Waals surface area contributed by atoms with Crippen LogP contribution < -0.4 is 0 Å². The molecule has 3 aromatic rings. The third kappa shape index (κ3) is 16.7. The number of benzene rings is 2. The second-order valence-electron chi connectivity index (χ2n) is 13.7. The second kappa shape index (κ2) is 24.1. The third-order valence-corrected chi connectivity index (χ3v) is 9.39. The molecule has 0 aliphatic heterocycles. The van der Waals surface area contributed by atoms with Crippen LogP contribution in [0.3, 0.4) is 0 Å². The van der Waals surface area contributed by atoms with Crippen molar-refractivity contribution in [2.75, 3.05) is 13.2 Å². The van der Waals surface area contributed by atoms with Crippen molar-refractivity contribution in [1.29, 1.82) is 0 Å². The van der Waals surface area contributed by atoms with Gasteiger partial charge in [-0.3, -0.25) is 4.98 Å². The first-order chi connectivity index (χ1) is 24.3. The minimum Gasteiger partial charge on any atom is -0.462 e. The van der Waals surface area contributed by atoms with Gasteiger partial charge in [-0.25, -0.2) is 4.79 Å². The fourth-order valence-corrected chi connectivity index (χ4v) is 6.06. The number of hydrogen-bond acceptors (Lipinski definition) is 4. The van der Waals surface area contributed by atoms with Crippen LogP contribution in [0, 0.1) is 0 Å². The molecule has 0 fully saturated rings. The monoisotopic (exact) mass is 695 g/mol. The maximum Gasteiger partial charge on any atom is 0.414 e. The number of aryl methyl sites for hydroxylation is 1. The standard InChI is InChI=1S/C43H60F3NO3/c1-3-4-5-6-7-8-9-10-11-12-13-14-15-18-21-36-22-24-37(25-23-36)40-30-31-41(47-34-40)38-26-28-39(29-27-38)42(48)50-33-20-17-16-19-32-49-35(2)43(44,45)46/h22-31,34-35H,3-21,32-33H2,1-2H3. The van der Waals surface area contributed by atoms with Gasteiger partial charge in [-0.1, -0.05) is 139 Å². The first-order valence-corrected chi connectivity index (χ1v) is 19.3. The van der Waals surface area contributed by atoms with Crippen molar-refractivity contribution in [2.24, 2.45) is 0 Å². The number of halogens is 3. The maximum absolute atomic E-state index is 12.5. The molecule has 0 saturated heterocycles. The van der Waals surface area contributed by atoms with Crippen molar-refractivity contribution in [3.8, 4) is 22.4 Å². The Balaban J connectivity index is 1.27. The Kier molecular flexibility index (Phi) is 19.9. The molecule has 3 rings (SSSR count). The summed E-state index contributed by atoms with van der Waals surface area (Å²) in [5.41, 5.74) is 5.82. The van der Waals surface area contributed by atoms with Gasteiger partial charge in [-0.15, -0.1) is 0 Å². The lowest BCUT2D eigenvalue weighted by Crippen LogP contribution is -2.28. The van der Waals surface area contributed by atoms with Crippen molar-refractivity contribution in [2.45, 2.75) is 148 Å². The Morgan fingerprint density at radius 3 is 1.66 bits per heavy atom. The number of nitrogens with zero attached hydrogens (tertiary/aromatic N) is 1. The number of alkyl halides is 3. The summed E-state index contributed by atoms with van der Waals surface area (Å²) in [5.74, 6) is -0.394.